The van der Waals surface area contributed by atoms with Gasteiger partial charge in [0.05, 0.1) is 6.67 Å². The molecule has 1 saturated heterocycles. The van der Waals surface area contributed by atoms with Crippen LogP contribution in [-0.2, 0) is 6.54 Å². The summed E-state index contributed by atoms with van der Waals surface area (Å²) in [6.45, 7) is 2.83. The van der Waals surface area contributed by atoms with Gasteiger partial charge in [-0.25, -0.2) is 0 Å². The van der Waals surface area contributed by atoms with E-state index in [1.54, 1.807) is 6.20 Å². The van der Waals surface area contributed by atoms with Crippen molar-refractivity contribution in [3.63, 3.8) is 0 Å². The monoisotopic (exact) mass is 208 g/mol. The predicted octanol–water partition coefficient (Wildman–Crippen LogP) is 2.26. The summed E-state index contributed by atoms with van der Waals surface area (Å²) in [6, 6.07) is 4.05. The first-order valence-corrected chi connectivity index (χ1v) is 5.55. The lowest BCUT2D eigenvalue weighted by Gasteiger charge is -2.30. The number of rotatable bonds is 3. The molecule has 0 N–H and O–H groups in total. The third-order valence-electron chi connectivity index (χ3n) is 3.05. The number of pyridine rings is 1. The van der Waals surface area contributed by atoms with Crippen LogP contribution in [0.4, 0.5) is 4.39 Å². The molecule has 2 heterocycles. The molecule has 1 aliphatic rings. The summed E-state index contributed by atoms with van der Waals surface area (Å²) in [5.74, 6) is 0.301. The first kappa shape index (κ1) is 10.6. The van der Waals surface area contributed by atoms with Crippen molar-refractivity contribution >= 4 is 0 Å². The van der Waals surface area contributed by atoms with Gasteiger partial charge < -0.3 is 0 Å². The van der Waals surface area contributed by atoms with Crippen LogP contribution in [0.2, 0.25) is 0 Å². The Morgan fingerprint density at radius 3 is 2.80 bits per heavy atom. The molecule has 0 amide bonds. The summed E-state index contributed by atoms with van der Waals surface area (Å²) in [6.07, 6.45) is 5.69. The highest BCUT2D eigenvalue weighted by molar-refractivity contribution is 5.08. The van der Waals surface area contributed by atoms with Gasteiger partial charge in [-0.05, 0) is 43.5 Å². The Morgan fingerprint density at radius 1 is 1.40 bits per heavy atom. The molecule has 0 aliphatic carbocycles. The minimum Gasteiger partial charge on any atom is -0.299 e. The fraction of sp³-hybridized carbons (Fsp3) is 0.583. The molecular formula is C12H17FN2. The second-order valence-corrected chi connectivity index (χ2v) is 4.24. The number of halogens is 1. The third-order valence-corrected chi connectivity index (χ3v) is 3.05. The molecule has 0 unspecified atom stereocenters. The Kier molecular flexibility index (Phi) is 3.67. The van der Waals surface area contributed by atoms with E-state index in [1.165, 1.54) is 5.56 Å². The number of aromatic nitrogens is 1. The molecule has 0 radical (unpaired) electrons. The highest BCUT2D eigenvalue weighted by Crippen LogP contribution is 2.18. The van der Waals surface area contributed by atoms with Crippen LogP contribution in [0, 0.1) is 5.92 Å². The average molecular weight is 208 g/mol. The molecule has 0 bridgehead atoms. The number of piperidine rings is 1. The topological polar surface area (TPSA) is 16.1 Å². The van der Waals surface area contributed by atoms with E-state index in [1.807, 2.05) is 12.3 Å². The van der Waals surface area contributed by atoms with Crippen LogP contribution in [0.3, 0.4) is 0 Å². The second kappa shape index (κ2) is 5.21. The first-order chi connectivity index (χ1) is 7.38. The van der Waals surface area contributed by atoms with Crippen LogP contribution >= 0.6 is 0 Å². The summed E-state index contributed by atoms with van der Waals surface area (Å²) >= 11 is 0. The average Bonchev–Trinajstić information content (AvgIpc) is 2.31. The Labute approximate surface area is 90.1 Å². The van der Waals surface area contributed by atoms with Gasteiger partial charge in [-0.15, -0.1) is 0 Å². The van der Waals surface area contributed by atoms with Crippen LogP contribution in [0.25, 0.3) is 0 Å². The van der Waals surface area contributed by atoms with E-state index in [9.17, 15) is 4.39 Å². The van der Waals surface area contributed by atoms with Crippen molar-refractivity contribution in [1.29, 1.82) is 0 Å². The minimum atomic E-state index is -0.152. The normalized spacial score (nSPS) is 19.3. The van der Waals surface area contributed by atoms with Crippen LogP contribution in [0.5, 0.6) is 0 Å². The van der Waals surface area contributed by atoms with Crippen molar-refractivity contribution in [3.05, 3.63) is 30.1 Å². The van der Waals surface area contributed by atoms with Gasteiger partial charge >= 0.3 is 0 Å². The SMILES string of the molecule is FCC1CCN(Cc2cccnc2)CC1. The van der Waals surface area contributed by atoms with E-state index in [2.05, 4.69) is 16.0 Å². The Bertz CT molecular complexity index is 281. The van der Waals surface area contributed by atoms with Gasteiger partial charge in [-0.1, -0.05) is 6.07 Å². The van der Waals surface area contributed by atoms with Crippen molar-refractivity contribution < 1.29 is 4.39 Å². The molecule has 1 aliphatic heterocycles. The number of likely N-dealkylation sites (tertiary alicyclic amines) is 1. The highest BCUT2D eigenvalue weighted by atomic mass is 19.1. The number of alkyl halides is 1. The van der Waals surface area contributed by atoms with Gasteiger partial charge in [0.1, 0.15) is 0 Å². The predicted molar refractivity (Wildman–Crippen MR) is 58.2 cm³/mol. The molecule has 0 spiro atoms. The molecule has 82 valence electrons. The molecule has 3 heteroatoms. The van der Waals surface area contributed by atoms with Crippen molar-refractivity contribution in [2.75, 3.05) is 19.8 Å². The number of nitrogens with zero attached hydrogens (tertiary/aromatic N) is 2. The molecular weight excluding hydrogens is 191 g/mol. The lowest BCUT2D eigenvalue weighted by atomic mass is 9.98. The molecule has 2 nitrogen and oxygen atoms in total. The maximum atomic E-state index is 12.4. The van der Waals surface area contributed by atoms with Crippen LogP contribution < -0.4 is 0 Å². The van der Waals surface area contributed by atoms with Crippen molar-refractivity contribution in [2.45, 2.75) is 19.4 Å². The van der Waals surface area contributed by atoms with E-state index in [0.717, 1.165) is 32.5 Å². The fourth-order valence-electron chi connectivity index (χ4n) is 2.05. The van der Waals surface area contributed by atoms with Crippen LogP contribution in [0.15, 0.2) is 24.5 Å². The smallest absolute Gasteiger partial charge is 0.0923 e. The van der Waals surface area contributed by atoms with Crippen LogP contribution in [-0.4, -0.2) is 29.6 Å². The van der Waals surface area contributed by atoms with Crippen LogP contribution in [0.1, 0.15) is 18.4 Å². The van der Waals surface area contributed by atoms with Gasteiger partial charge in [0, 0.05) is 18.9 Å². The molecule has 15 heavy (non-hydrogen) atoms. The lowest BCUT2D eigenvalue weighted by molar-refractivity contribution is 0.159. The second-order valence-electron chi connectivity index (χ2n) is 4.24. The minimum absolute atomic E-state index is 0.152. The van der Waals surface area contributed by atoms with Gasteiger partial charge in [0.2, 0.25) is 0 Å². The standard InChI is InChI=1S/C12H17FN2/c13-8-11-3-6-15(7-4-11)10-12-2-1-5-14-9-12/h1-2,5,9,11H,3-4,6-8,10H2. The summed E-state index contributed by atoms with van der Waals surface area (Å²) in [4.78, 5) is 6.47. The first-order valence-electron chi connectivity index (χ1n) is 5.55. The quantitative estimate of drug-likeness (QED) is 0.757. The van der Waals surface area contributed by atoms with Gasteiger partial charge in [0.15, 0.2) is 0 Å². The summed E-state index contributed by atoms with van der Waals surface area (Å²) in [7, 11) is 0. The Balaban J connectivity index is 1.82. The zero-order valence-electron chi connectivity index (χ0n) is 8.90. The largest absolute Gasteiger partial charge is 0.299 e. The van der Waals surface area contributed by atoms with E-state index < -0.39 is 0 Å². The third kappa shape index (κ3) is 2.99. The number of hydrogen-bond acceptors (Lipinski definition) is 2. The number of hydrogen-bond donors (Lipinski definition) is 0. The van der Waals surface area contributed by atoms with Gasteiger partial charge in [0.25, 0.3) is 0 Å². The highest BCUT2D eigenvalue weighted by Gasteiger charge is 2.18. The summed E-state index contributed by atoms with van der Waals surface area (Å²) in [5.41, 5.74) is 1.25. The molecule has 0 saturated carbocycles. The van der Waals surface area contributed by atoms with Gasteiger partial charge in [-0.2, -0.15) is 0 Å². The van der Waals surface area contributed by atoms with Crippen molar-refractivity contribution in [1.82, 2.24) is 9.88 Å². The Hall–Kier alpha value is -0.960. The Morgan fingerprint density at radius 2 is 2.20 bits per heavy atom. The molecule has 1 aromatic rings. The maximum Gasteiger partial charge on any atom is 0.0923 e. The van der Waals surface area contributed by atoms with E-state index in [0.29, 0.717) is 5.92 Å². The van der Waals surface area contributed by atoms with E-state index in [-0.39, 0.29) is 6.67 Å². The van der Waals surface area contributed by atoms with E-state index >= 15 is 0 Å². The molecule has 1 fully saturated rings. The zero-order chi connectivity index (χ0) is 10.5. The van der Waals surface area contributed by atoms with Crippen molar-refractivity contribution in [3.8, 4) is 0 Å². The molecule has 1 aromatic heterocycles. The maximum absolute atomic E-state index is 12.4. The lowest BCUT2D eigenvalue weighted by Crippen LogP contribution is -2.33. The zero-order valence-corrected chi connectivity index (χ0v) is 8.90. The summed E-state index contributed by atoms with van der Waals surface area (Å²) in [5, 5.41) is 0. The molecule has 0 aromatic carbocycles. The van der Waals surface area contributed by atoms with Crippen molar-refractivity contribution in [2.24, 2.45) is 5.92 Å². The fourth-order valence-corrected chi connectivity index (χ4v) is 2.05. The summed E-state index contributed by atoms with van der Waals surface area (Å²) < 4.78 is 12.4. The molecule has 0 atom stereocenters. The molecule has 2 rings (SSSR count). The van der Waals surface area contributed by atoms with Gasteiger partial charge in [-0.3, -0.25) is 14.3 Å². The van der Waals surface area contributed by atoms with E-state index in [4.69, 9.17) is 0 Å².